The third-order valence-electron chi connectivity index (χ3n) is 4.79. The number of aromatic nitrogens is 5. The maximum absolute atomic E-state index is 13.0. The molecule has 148 valence electrons. The van der Waals surface area contributed by atoms with E-state index in [1.54, 1.807) is 30.1 Å². The molecule has 0 unspecified atom stereocenters. The van der Waals surface area contributed by atoms with Crippen LogP contribution in [0.3, 0.4) is 0 Å². The largest absolute Gasteiger partial charge is 0.496 e. The van der Waals surface area contributed by atoms with Gasteiger partial charge in [-0.3, -0.25) is 4.79 Å². The molecular formula is C22H17N5O3. The van der Waals surface area contributed by atoms with Gasteiger partial charge in [0.1, 0.15) is 17.8 Å². The summed E-state index contributed by atoms with van der Waals surface area (Å²) in [5.74, 6) is 1.54. The average Bonchev–Trinajstić information content (AvgIpc) is 3.44. The van der Waals surface area contributed by atoms with Crippen molar-refractivity contribution in [2.45, 2.75) is 6.54 Å². The van der Waals surface area contributed by atoms with Crippen LogP contribution >= 0.6 is 0 Å². The van der Waals surface area contributed by atoms with Crippen LogP contribution in [0.5, 0.6) is 5.75 Å². The number of benzene rings is 2. The van der Waals surface area contributed by atoms with Crippen molar-refractivity contribution in [1.82, 2.24) is 24.3 Å². The SMILES string of the molecule is COc1ccccc1-c1cc2c(=O)n(Cc3nc(-c4ccccc4)no3)ccn2n1. The topological polar surface area (TPSA) is 87.5 Å². The smallest absolute Gasteiger partial charge is 0.277 e. The average molecular weight is 399 g/mol. The predicted octanol–water partition coefficient (Wildman–Crippen LogP) is 3.27. The fourth-order valence-corrected chi connectivity index (χ4v) is 3.31. The maximum Gasteiger partial charge on any atom is 0.277 e. The fraction of sp³-hybridized carbons (Fsp3) is 0.0909. The molecule has 5 rings (SSSR count). The minimum absolute atomic E-state index is 0.171. The lowest BCUT2D eigenvalue weighted by atomic mass is 10.1. The molecule has 2 aromatic carbocycles. The molecule has 5 aromatic rings. The number of rotatable bonds is 5. The standard InChI is InChI=1S/C22H17N5O3/c1-29-19-10-6-5-9-16(19)17-13-18-22(28)26(11-12-27(18)24-17)14-20-23-21(25-30-20)15-7-3-2-4-8-15/h2-13H,14H2,1H3. The molecule has 0 spiro atoms. The lowest BCUT2D eigenvalue weighted by Gasteiger charge is -2.04. The van der Waals surface area contributed by atoms with Gasteiger partial charge in [-0.15, -0.1) is 0 Å². The normalized spacial score (nSPS) is 11.1. The molecule has 3 heterocycles. The van der Waals surface area contributed by atoms with E-state index in [4.69, 9.17) is 9.26 Å². The first-order chi connectivity index (χ1) is 14.7. The van der Waals surface area contributed by atoms with Gasteiger partial charge in [-0.05, 0) is 18.2 Å². The number of methoxy groups -OCH3 is 1. The first-order valence-electron chi connectivity index (χ1n) is 9.33. The fourth-order valence-electron chi connectivity index (χ4n) is 3.31. The Bertz CT molecular complexity index is 1380. The number of hydrogen-bond donors (Lipinski definition) is 0. The summed E-state index contributed by atoms with van der Waals surface area (Å²) in [7, 11) is 1.61. The van der Waals surface area contributed by atoms with Crippen molar-refractivity contribution < 1.29 is 9.26 Å². The Hall–Kier alpha value is -4.20. The van der Waals surface area contributed by atoms with Crippen molar-refractivity contribution >= 4 is 5.52 Å². The van der Waals surface area contributed by atoms with Gasteiger partial charge in [-0.1, -0.05) is 47.6 Å². The van der Waals surface area contributed by atoms with E-state index < -0.39 is 0 Å². The van der Waals surface area contributed by atoms with Gasteiger partial charge < -0.3 is 13.8 Å². The molecule has 0 aliphatic rings. The first kappa shape index (κ1) is 17.9. The van der Waals surface area contributed by atoms with Crippen LogP contribution in [0, 0.1) is 0 Å². The maximum atomic E-state index is 13.0. The van der Waals surface area contributed by atoms with Crippen LogP contribution in [0.15, 0.2) is 82.4 Å². The third kappa shape index (κ3) is 3.14. The second kappa shape index (κ2) is 7.32. The summed E-state index contributed by atoms with van der Waals surface area (Å²) in [4.78, 5) is 17.4. The summed E-state index contributed by atoms with van der Waals surface area (Å²) in [6, 6.07) is 18.8. The molecular weight excluding hydrogens is 382 g/mol. The van der Waals surface area contributed by atoms with E-state index in [1.807, 2.05) is 54.6 Å². The van der Waals surface area contributed by atoms with Gasteiger partial charge in [0.05, 0.1) is 12.8 Å². The molecule has 30 heavy (non-hydrogen) atoms. The third-order valence-corrected chi connectivity index (χ3v) is 4.79. The minimum atomic E-state index is -0.203. The van der Waals surface area contributed by atoms with E-state index in [2.05, 4.69) is 15.2 Å². The quantitative estimate of drug-likeness (QED) is 0.451. The monoisotopic (exact) mass is 399 g/mol. The minimum Gasteiger partial charge on any atom is -0.496 e. The lowest BCUT2D eigenvalue weighted by Crippen LogP contribution is -2.21. The van der Waals surface area contributed by atoms with E-state index in [1.165, 1.54) is 4.57 Å². The second-order valence-electron chi connectivity index (χ2n) is 6.67. The zero-order chi connectivity index (χ0) is 20.5. The highest BCUT2D eigenvalue weighted by atomic mass is 16.5. The molecule has 0 saturated carbocycles. The Morgan fingerprint density at radius 1 is 1.03 bits per heavy atom. The van der Waals surface area contributed by atoms with Gasteiger partial charge in [-0.2, -0.15) is 10.1 Å². The zero-order valence-corrected chi connectivity index (χ0v) is 16.1. The van der Waals surface area contributed by atoms with E-state index in [9.17, 15) is 4.79 Å². The Balaban J connectivity index is 1.49. The Morgan fingerprint density at radius 3 is 2.67 bits per heavy atom. The molecule has 0 aliphatic heterocycles. The van der Waals surface area contributed by atoms with Gasteiger partial charge in [0, 0.05) is 23.5 Å². The number of hydrogen-bond acceptors (Lipinski definition) is 6. The van der Waals surface area contributed by atoms with Crippen LogP contribution in [0.1, 0.15) is 5.89 Å². The Kier molecular flexibility index (Phi) is 4.36. The molecule has 0 saturated heterocycles. The van der Waals surface area contributed by atoms with Gasteiger partial charge in [0.15, 0.2) is 0 Å². The highest BCUT2D eigenvalue weighted by Crippen LogP contribution is 2.28. The summed E-state index contributed by atoms with van der Waals surface area (Å²) in [5.41, 5.74) is 2.57. The van der Waals surface area contributed by atoms with Crippen molar-refractivity contribution in [2.75, 3.05) is 7.11 Å². The van der Waals surface area contributed by atoms with Gasteiger partial charge >= 0.3 is 0 Å². The summed E-state index contributed by atoms with van der Waals surface area (Å²) >= 11 is 0. The predicted molar refractivity (Wildman–Crippen MR) is 110 cm³/mol. The first-order valence-corrected chi connectivity index (χ1v) is 9.33. The molecule has 8 nitrogen and oxygen atoms in total. The van der Waals surface area contributed by atoms with Crippen LogP contribution in [-0.4, -0.2) is 31.4 Å². The van der Waals surface area contributed by atoms with Crippen molar-refractivity contribution in [3.05, 3.63) is 89.3 Å². The van der Waals surface area contributed by atoms with Crippen molar-refractivity contribution in [2.24, 2.45) is 0 Å². The van der Waals surface area contributed by atoms with E-state index in [0.29, 0.717) is 28.7 Å². The van der Waals surface area contributed by atoms with Crippen molar-refractivity contribution in [3.8, 4) is 28.4 Å². The number of nitrogens with zero attached hydrogens (tertiary/aromatic N) is 5. The van der Waals surface area contributed by atoms with Crippen LogP contribution in [0.25, 0.3) is 28.2 Å². The van der Waals surface area contributed by atoms with Gasteiger partial charge in [0.2, 0.25) is 11.7 Å². The van der Waals surface area contributed by atoms with E-state index in [0.717, 1.165) is 11.1 Å². The molecule has 0 radical (unpaired) electrons. The molecule has 0 atom stereocenters. The molecule has 0 aliphatic carbocycles. The van der Waals surface area contributed by atoms with Crippen LogP contribution in [0.4, 0.5) is 0 Å². The molecule has 0 fully saturated rings. The summed E-state index contributed by atoms with van der Waals surface area (Å²) in [5, 5.41) is 8.52. The summed E-state index contributed by atoms with van der Waals surface area (Å²) in [6.07, 6.45) is 3.38. The summed E-state index contributed by atoms with van der Waals surface area (Å²) in [6.45, 7) is 0.171. The molecule has 3 aromatic heterocycles. The Labute approximate surface area is 171 Å². The number of para-hydroxylation sites is 1. The van der Waals surface area contributed by atoms with Crippen molar-refractivity contribution in [3.63, 3.8) is 0 Å². The van der Waals surface area contributed by atoms with Gasteiger partial charge in [-0.25, -0.2) is 4.52 Å². The van der Waals surface area contributed by atoms with Crippen LogP contribution in [0.2, 0.25) is 0 Å². The molecule has 0 N–H and O–H groups in total. The highest BCUT2D eigenvalue weighted by Gasteiger charge is 2.14. The van der Waals surface area contributed by atoms with E-state index >= 15 is 0 Å². The van der Waals surface area contributed by atoms with Crippen LogP contribution < -0.4 is 10.3 Å². The molecule has 0 amide bonds. The summed E-state index contributed by atoms with van der Waals surface area (Å²) < 4.78 is 13.8. The second-order valence-corrected chi connectivity index (χ2v) is 6.67. The highest BCUT2D eigenvalue weighted by molar-refractivity contribution is 5.71. The Morgan fingerprint density at radius 2 is 1.83 bits per heavy atom. The number of ether oxygens (including phenoxy) is 1. The number of fused-ring (bicyclic) bond motifs is 1. The molecule has 0 bridgehead atoms. The molecule has 8 heteroatoms. The van der Waals surface area contributed by atoms with Crippen LogP contribution in [-0.2, 0) is 6.54 Å². The van der Waals surface area contributed by atoms with Crippen molar-refractivity contribution in [1.29, 1.82) is 0 Å². The zero-order valence-electron chi connectivity index (χ0n) is 16.1. The lowest BCUT2D eigenvalue weighted by molar-refractivity contribution is 0.370. The van der Waals surface area contributed by atoms with Gasteiger partial charge in [0.25, 0.3) is 5.56 Å². The van der Waals surface area contributed by atoms with E-state index in [-0.39, 0.29) is 12.1 Å².